The molecule has 96 valence electrons. The molecule has 1 atom stereocenters. The first kappa shape index (κ1) is 14.3. The molecule has 0 aromatic heterocycles. The van der Waals surface area contributed by atoms with Gasteiger partial charge < -0.3 is 10.6 Å². The van der Waals surface area contributed by atoms with E-state index in [1.807, 2.05) is 19.9 Å². The third kappa shape index (κ3) is 3.64. The molecule has 0 saturated carbocycles. The van der Waals surface area contributed by atoms with Crippen LogP contribution in [0.25, 0.3) is 0 Å². The highest BCUT2D eigenvalue weighted by molar-refractivity contribution is 6.32. The maximum Gasteiger partial charge on any atom is 0.242 e. The lowest BCUT2D eigenvalue weighted by molar-refractivity contribution is -0.122. The molecule has 0 radical (unpaired) electrons. The minimum absolute atomic E-state index is 0.0801. The fraction of sp³-hybridized carbons (Fsp3) is 0.385. The van der Waals surface area contributed by atoms with Gasteiger partial charge in [0, 0.05) is 6.04 Å². The Hall–Kier alpha value is -1.73. The van der Waals surface area contributed by atoms with Gasteiger partial charge in [0.2, 0.25) is 5.91 Å². The Kier molecular flexibility index (Phi) is 4.99. The van der Waals surface area contributed by atoms with Gasteiger partial charge in [-0.1, -0.05) is 17.7 Å². The molecule has 0 bridgehead atoms. The van der Waals surface area contributed by atoms with Gasteiger partial charge in [-0.05, 0) is 32.9 Å². The highest BCUT2D eigenvalue weighted by Crippen LogP contribution is 2.23. The van der Waals surface area contributed by atoms with E-state index in [0.717, 1.165) is 0 Å². The number of carbonyl (C=O) groups excluding carboxylic acids is 1. The van der Waals surface area contributed by atoms with Crippen LogP contribution in [0.2, 0.25) is 5.02 Å². The van der Waals surface area contributed by atoms with Crippen molar-refractivity contribution in [2.24, 2.45) is 0 Å². The Morgan fingerprint density at radius 1 is 1.39 bits per heavy atom. The van der Waals surface area contributed by atoms with Crippen LogP contribution >= 0.6 is 11.6 Å². The van der Waals surface area contributed by atoms with E-state index in [2.05, 4.69) is 10.6 Å². The molecule has 1 unspecified atom stereocenters. The molecule has 2 N–H and O–H groups in total. The van der Waals surface area contributed by atoms with Crippen molar-refractivity contribution in [2.45, 2.75) is 32.9 Å². The van der Waals surface area contributed by atoms with Crippen LogP contribution in [-0.4, -0.2) is 18.0 Å². The minimum Gasteiger partial charge on any atom is -0.373 e. The van der Waals surface area contributed by atoms with E-state index in [1.54, 1.807) is 25.1 Å². The molecule has 1 aromatic carbocycles. The molecule has 18 heavy (non-hydrogen) atoms. The van der Waals surface area contributed by atoms with Crippen molar-refractivity contribution in [1.82, 2.24) is 5.32 Å². The van der Waals surface area contributed by atoms with Gasteiger partial charge in [-0.25, -0.2) is 0 Å². The first-order chi connectivity index (χ1) is 8.45. The van der Waals surface area contributed by atoms with Crippen molar-refractivity contribution < 1.29 is 4.79 Å². The Morgan fingerprint density at radius 2 is 2.06 bits per heavy atom. The standard InChI is InChI=1S/C13H16ClN3O/c1-8(2)16-13(18)9(3)17-12-6-4-5-11(14)10(12)7-15/h4-6,8-9,17H,1-3H3,(H,16,18). The first-order valence-corrected chi connectivity index (χ1v) is 6.09. The van der Waals surface area contributed by atoms with E-state index in [9.17, 15) is 4.79 Å². The van der Waals surface area contributed by atoms with Crippen molar-refractivity contribution in [3.8, 4) is 6.07 Å². The number of hydrogen-bond acceptors (Lipinski definition) is 3. The second kappa shape index (κ2) is 6.27. The largest absolute Gasteiger partial charge is 0.373 e. The molecule has 0 fully saturated rings. The monoisotopic (exact) mass is 265 g/mol. The number of halogens is 1. The lowest BCUT2D eigenvalue weighted by Gasteiger charge is -2.18. The number of benzene rings is 1. The second-order valence-electron chi connectivity index (χ2n) is 4.30. The topological polar surface area (TPSA) is 64.9 Å². The summed E-state index contributed by atoms with van der Waals surface area (Å²) in [6.45, 7) is 5.52. The van der Waals surface area contributed by atoms with Gasteiger partial charge >= 0.3 is 0 Å². The van der Waals surface area contributed by atoms with Crippen molar-refractivity contribution in [3.05, 3.63) is 28.8 Å². The zero-order chi connectivity index (χ0) is 13.7. The SMILES string of the molecule is CC(C)NC(=O)C(C)Nc1cccc(Cl)c1C#N. The fourth-order valence-electron chi connectivity index (χ4n) is 1.47. The Labute approximate surface area is 112 Å². The number of amides is 1. The third-order valence-electron chi connectivity index (χ3n) is 2.32. The fourth-order valence-corrected chi connectivity index (χ4v) is 1.68. The highest BCUT2D eigenvalue weighted by atomic mass is 35.5. The molecule has 1 amide bonds. The molecule has 0 aliphatic rings. The lowest BCUT2D eigenvalue weighted by atomic mass is 10.1. The smallest absolute Gasteiger partial charge is 0.242 e. The van der Waals surface area contributed by atoms with Crippen LogP contribution in [0.5, 0.6) is 0 Å². The molecular formula is C13H16ClN3O. The summed E-state index contributed by atoms with van der Waals surface area (Å²) >= 11 is 5.91. The Balaban J connectivity index is 2.83. The first-order valence-electron chi connectivity index (χ1n) is 5.71. The minimum atomic E-state index is -0.432. The van der Waals surface area contributed by atoms with Crippen LogP contribution in [0, 0.1) is 11.3 Å². The number of nitriles is 1. The number of nitrogens with one attached hydrogen (secondary N) is 2. The van der Waals surface area contributed by atoms with Gasteiger partial charge in [-0.3, -0.25) is 4.79 Å². The maximum absolute atomic E-state index is 11.8. The van der Waals surface area contributed by atoms with Gasteiger partial charge in [-0.15, -0.1) is 0 Å². The van der Waals surface area contributed by atoms with E-state index >= 15 is 0 Å². The molecule has 5 heteroatoms. The summed E-state index contributed by atoms with van der Waals surface area (Å²) in [7, 11) is 0. The van der Waals surface area contributed by atoms with Gasteiger partial charge in [0.1, 0.15) is 12.1 Å². The van der Waals surface area contributed by atoms with Crippen LogP contribution in [0.4, 0.5) is 5.69 Å². The van der Waals surface area contributed by atoms with Crippen LogP contribution < -0.4 is 10.6 Å². The van der Waals surface area contributed by atoms with E-state index in [1.165, 1.54) is 0 Å². The van der Waals surface area contributed by atoms with Gasteiger partial charge in [-0.2, -0.15) is 5.26 Å². The normalized spacial score (nSPS) is 11.8. The van der Waals surface area contributed by atoms with E-state index in [-0.39, 0.29) is 11.9 Å². The summed E-state index contributed by atoms with van der Waals surface area (Å²) in [4.78, 5) is 11.8. The predicted octanol–water partition coefficient (Wildman–Crippen LogP) is 2.54. The second-order valence-corrected chi connectivity index (χ2v) is 4.71. The molecule has 1 aromatic rings. The highest BCUT2D eigenvalue weighted by Gasteiger charge is 2.15. The number of carbonyl (C=O) groups is 1. The molecule has 0 aliphatic carbocycles. The lowest BCUT2D eigenvalue weighted by Crippen LogP contribution is -2.41. The molecule has 0 spiro atoms. The average Bonchev–Trinajstić information content (AvgIpc) is 2.28. The summed E-state index contributed by atoms with van der Waals surface area (Å²) in [6.07, 6.45) is 0. The number of anilines is 1. The van der Waals surface area contributed by atoms with Gasteiger partial charge in [0.25, 0.3) is 0 Å². The zero-order valence-corrected chi connectivity index (χ0v) is 11.4. The van der Waals surface area contributed by atoms with Crippen LogP contribution in [0.3, 0.4) is 0 Å². The molecular weight excluding hydrogens is 250 g/mol. The average molecular weight is 266 g/mol. The Bertz CT molecular complexity index is 480. The molecule has 0 aliphatic heterocycles. The third-order valence-corrected chi connectivity index (χ3v) is 2.64. The van der Waals surface area contributed by atoms with Crippen molar-refractivity contribution in [2.75, 3.05) is 5.32 Å². The molecule has 0 heterocycles. The van der Waals surface area contributed by atoms with Gasteiger partial charge in [0.15, 0.2) is 0 Å². The number of hydrogen-bond donors (Lipinski definition) is 2. The van der Waals surface area contributed by atoms with Crippen LogP contribution in [-0.2, 0) is 4.79 Å². The number of nitrogens with zero attached hydrogens (tertiary/aromatic N) is 1. The zero-order valence-electron chi connectivity index (χ0n) is 10.6. The Morgan fingerprint density at radius 3 is 2.61 bits per heavy atom. The molecule has 0 saturated heterocycles. The summed E-state index contributed by atoms with van der Waals surface area (Å²) in [5, 5.41) is 15.2. The molecule has 1 rings (SSSR count). The van der Waals surface area contributed by atoms with E-state index < -0.39 is 6.04 Å². The van der Waals surface area contributed by atoms with E-state index in [4.69, 9.17) is 16.9 Å². The van der Waals surface area contributed by atoms with Gasteiger partial charge in [0.05, 0.1) is 16.3 Å². The van der Waals surface area contributed by atoms with Crippen molar-refractivity contribution in [1.29, 1.82) is 5.26 Å². The molecule has 4 nitrogen and oxygen atoms in total. The van der Waals surface area contributed by atoms with Crippen LogP contribution in [0.15, 0.2) is 18.2 Å². The summed E-state index contributed by atoms with van der Waals surface area (Å²) in [5.74, 6) is -0.117. The maximum atomic E-state index is 11.8. The predicted molar refractivity (Wildman–Crippen MR) is 72.5 cm³/mol. The quantitative estimate of drug-likeness (QED) is 0.879. The summed E-state index contributed by atoms with van der Waals surface area (Å²) in [6, 6.07) is 6.77. The van der Waals surface area contributed by atoms with Crippen molar-refractivity contribution >= 4 is 23.2 Å². The van der Waals surface area contributed by atoms with E-state index in [0.29, 0.717) is 16.3 Å². The number of rotatable bonds is 4. The summed E-state index contributed by atoms with van der Waals surface area (Å²) in [5.41, 5.74) is 0.916. The summed E-state index contributed by atoms with van der Waals surface area (Å²) < 4.78 is 0. The van der Waals surface area contributed by atoms with Crippen molar-refractivity contribution in [3.63, 3.8) is 0 Å². The van der Waals surface area contributed by atoms with Crippen LogP contribution in [0.1, 0.15) is 26.3 Å².